The van der Waals surface area contributed by atoms with Crippen LogP contribution in [0.2, 0.25) is 0 Å². The molecule has 2 heterocycles. The molecular formula is C22H24N4O. The number of nitrogens with zero attached hydrogens (tertiary/aromatic N) is 4. The highest BCUT2D eigenvalue weighted by Gasteiger charge is 2.28. The molecule has 0 bridgehead atoms. The normalized spacial score (nSPS) is 15.2. The molecule has 0 spiro atoms. The summed E-state index contributed by atoms with van der Waals surface area (Å²) in [7, 11) is 0. The third kappa shape index (κ3) is 3.40. The van der Waals surface area contributed by atoms with Crippen LogP contribution in [0.5, 0.6) is 0 Å². The molecular weight excluding hydrogens is 336 g/mol. The largest absolute Gasteiger partial charge is 0.414 e. The highest BCUT2D eigenvalue weighted by Crippen LogP contribution is 2.37. The van der Waals surface area contributed by atoms with Crippen molar-refractivity contribution in [2.75, 3.05) is 0 Å². The molecule has 1 saturated carbocycles. The fraction of sp³-hybridized carbons (Fsp3) is 0.409. The van der Waals surface area contributed by atoms with Gasteiger partial charge in [0.1, 0.15) is 0 Å². The Hall–Kier alpha value is -2.87. The van der Waals surface area contributed by atoms with Crippen LogP contribution in [0, 0.1) is 6.57 Å². The number of rotatable bonds is 3. The first-order valence-electron chi connectivity index (χ1n) is 9.51. The lowest BCUT2D eigenvalue weighted by atomic mass is 9.86. The van der Waals surface area contributed by atoms with Gasteiger partial charge >= 0.3 is 5.82 Å². The molecule has 1 fully saturated rings. The predicted octanol–water partition coefficient (Wildman–Crippen LogP) is 6.03. The van der Waals surface area contributed by atoms with Gasteiger partial charge in [-0.3, -0.25) is 0 Å². The number of hydrogen-bond donors (Lipinski definition) is 0. The second kappa shape index (κ2) is 6.70. The van der Waals surface area contributed by atoms with Crippen molar-refractivity contribution < 1.29 is 4.42 Å². The fourth-order valence-electron chi connectivity index (χ4n) is 3.62. The minimum Gasteiger partial charge on any atom is -0.414 e. The Morgan fingerprint density at radius 1 is 1.11 bits per heavy atom. The second-order valence-electron chi connectivity index (χ2n) is 8.25. The molecule has 27 heavy (non-hydrogen) atoms. The first-order chi connectivity index (χ1) is 13.0. The van der Waals surface area contributed by atoms with Crippen LogP contribution in [0.3, 0.4) is 0 Å². The second-order valence-corrected chi connectivity index (χ2v) is 8.25. The fourth-order valence-corrected chi connectivity index (χ4v) is 3.62. The zero-order valence-corrected chi connectivity index (χ0v) is 16.1. The summed E-state index contributed by atoms with van der Waals surface area (Å²) in [6.45, 7) is 14.0. The molecule has 5 heteroatoms. The van der Waals surface area contributed by atoms with Crippen molar-refractivity contribution in [2.24, 2.45) is 0 Å². The van der Waals surface area contributed by atoms with Gasteiger partial charge in [-0.15, -0.1) is 0 Å². The van der Waals surface area contributed by atoms with Crippen LogP contribution in [-0.2, 0) is 5.41 Å². The molecule has 0 saturated heterocycles. The smallest absolute Gasteiger partial charge is 0.335 e. The lowest BCUT2D eigenvalue weighted by Gasteiger charge is -2.18. The highest BCUT2D eigenvalue weighted by molar-refractivity contribution is 5.60. The Bertz CT molecular complexity index is 977. The van der Waals surface area contributed by atoms with E-state index in [0.29, 0.717) is 17.7 Å². The molecule has 0 aliphatic heterocycles. The van der Waals surface area contributed by atoms with Gasteiger partial charge in [0.15, 0.2) is 0 Å². The molecule has 2 aromatic heterocycles. The number of aromatic nitrogens is 3. The molecule has 0 atom stereocenters. The van der Waals surface area contributed by atoms with Crippen LogP contribution in [0.1, 0.15) is 63.8 Å². The molecule has 0 radical (unpaired) electrons. The Kier molecular flexibility index (Phi) is 4.35. The van der Waals surface area contributed by atoms with E-state index in [4.69, 9.17) is 11.0 Å². The first-order valence-corrected chi connectivity index (χ1v) is 9.51. The van der Waals surface area contributed by atoms with Crippen LogP contribution >= 0.6 is 0 Å². The van der Waals surface area contributed by atoms with Crippen LogP contribution in [0.4, 0.5) is 5.82 Å². The Balaban J connectivity index is 1.64. The molecule has 1 aliphatic rings. The average Bonchev–Trinajstić information content (AvgIpc) is 3.39. The maximum Gasteiger partial charge on any atom is 0.335 e. The summed E-state index contributed by atoms with van der Waals surface area (Å²) in [5.41, 5.74) is 3.31. The Morgan fingerprint density at radius 3 is 2.44 bits per heavy atom. The van der Waals surface area contributed by atoms with Crippen molar-refractivity contribution in [3.8, 4) is 17.1 Å². The zero-order valence-electron chi connectivity index (χ0n) is 16.1. The van der Waals surface area contributed by atoms with Crippen molar-refractivity contribution in [1.29, 1.82) is 0 Å². The van der Waals surface area contributed by atoms with E-state index >= 15 is 0 Å². The minimum atomic E-state index is 0.124. The third-order valence-electron chi connectivity index (χ3n) is 5.26. The topological polar surface area (TPSA) is 48.2 Å². The van der Waals surface area contributed by atoms with E-state index in [9.17, 15) is 0 Å². The van der Waals surface area contributed by atoms with Gasteiger partial charge in [0, 0.05) is 11.8 Å². The van der Waals surface area contributed by atoms with Gasteiger partial charge < -0.3 is 9.26 Å². The maximum absolute atomic E-state index is 7.43. The number of oxazole rings is 1. The quantitative estimate of drug-likeness (QED) is 0.536. The highest BCUT2D eigenvalue weighted by atomic mass is 16.4. The molecule has 3 aromatic rings. The van der Waals surface area contributed by atoms with Crippen molar-refractivity contribution in [3.63, 3.8) is 0 Å². The van der Waals surface area contributed by atoms with Crippen LogP contribution in [0.25, 0.3) is 22.0 Å². The molecule has 5 nitrogen and oxygen atoms in total. The van der Waals surface area contributed by atoms with E-state index < -0.39 is 0 Å². The van der Waals surface area contributed by atoms with Gasteiger partial charge in [-0.25, -0.2) is 4.68 Å². The summed E-state index contributed by atoms with van der Waals surface area (Å²) >= 11 is 0. The Morgan fingerprint density at radius 2 is 1.81 bits per heavy atom. The summed E-state index contributed by atoms with van der Waals surface area (Å²) in [6, 6.07) is 10.4. The minimum absolute atomic E-state index is 0.124. The standard InChI is InChI=1S/C22H24N4O/c1-22(2,3)17-11-9-15(10-12-17)18-13-14-26(25-18)21-19(23-4)24-20(27-21)16-7-5-6-8-16/h9-14,16H,5-8H2,1-3H3. The van der Waals surface area contributed by atoms with E-state index in [1.807, 2.05) is 12.3 Å². The molecule has 138 valence electrons. The van der Waals surface area contributed by atoms with Gasteiger partial charge in [0.2, 0.25) is 5.88 Å². The van der Waals surface area contributed by atoms with Gasteiger partial charge in [-0.1, -0.05) is 69.4 Å². The van der Waals surface area contributed by atoms with E-state index in [1.165, 1.54) is 18.4 Å². The summed E-state index contributed by atoms with van der Waals surface area (Å²) in [5.74, 6) is 1.72. The lowest BCUT2D eigenvalue weighted by molar-refractivity contribution is 0.430. The van der Waals surface area contributed by atoms with E-state index in [-0.39, 0.29) is 11.2 Å². The molecule has 0 N–H and O–H groups in total. The SMILES string of the molecule is [C-]#[N+]c1nc(C2CCCC2)oc1-n1ccc(-c2ccc(C(C)(C)C)cc2)n1. The van der Waals surface area contributed by atoms with Crippen molar-refractivity contribution in [2.45, 2.75) is 57.8 Å². The monoisotopic (exact) mass is 360 g/mol. The predicted molar refractivity (Wildman–Crippen MR) is 105 cm³/mol. The number of benzene rings is 1. The van der Waals surface area contributed by atoms with E-state index in [0.717, 1.165) is 24.1 Å². The van der Waals surface area contributed by atoms with Crippen molar-refractivity contribution in [3.05, 3.63) is 59.4 Å². The lowest BCUT2D eigenvalue weighted by Crippen LogP contribution is -2.10. The van der Waals surface area contributed by atoms with Crippen molar-refractivity contribution in [1.82, 2.24) is 14.8 Å². The van der Waals surface area contributed by atoms with Gasteiger partial charge in [0.25, 0.3) is 5.89 Å². The van der Waals surface area contributed by atoms with Crippen LogP contribution in [0.15, 0.2) is 40.9 Å². The van der Waals surface area contributed by atoms with E-state index in [2.05, 4.69) is 60.0 Å². The number of hydrogen-bond acceptors (Lipinski definition) is 3. The Labute approximate surface area is 159 Å². The molecule has 0 amide bonds. The maximum atomic E-state index is 7.43. The van der Waals surface area contributed by atoms with Gasteiger partial charge in [-0.05, 0) is 29.9 Å². The van der Waals surface area contributed by atoms with E-state index in [1.54, 1.807) is 4.68 Å². The molecule has 1 aromatic carbocycles. The summed E-state index contributed by atoms with van der Waals surface area (Å²) < 4.78 is 7.60. The summed E-state index contributed by atoms with van der Waals surface area (Å²) in [5, 5.41) is 4.63. The summed E-state index contributed by atoms with van der Waals surface area (Å²) in [4.78, 5) is 7.97. The molecule has 4 rings (SSSR count). The molecule has 1 aliphatic carbocycles. The van der Waals surface area contributed by atoms with Crippen LogP contribution in [-0.4, -0.2) is 14.8 Å². The van der Waals surface area contributed by atoms with Crippen LogP contribution < -0.4 is 0 Å². The zero-order chi connectivity index (χ0) is 19.0. The summed E-state index contributed by atoms with van der Waals surface area (Å²) in [6.07, 6.45) is 6.41. The van der Waals surface area contributed by atoms with Gasteiger partial charge in [0.05, 0.1) is 11.6 Å². The molecule has 0 unspecified atom stereocenters. The van der Waals surface area contributed by atoms with Gasteiger partial charge in [-0.2, -0.15) is 5.10 Å². The average molecular weight is 360 g/mol. The first kappa shape index (κ1) is 17.5. The third-order valence-corrected chi connectivity index (χ3v) is 5.26. The van der Waals surface area contributed by atoms with Crippen molar-refractivity contribution >= 4 is 5.82 Å².